The Balaban J connectivity index is 1.72. The molecule has 1 saturated heterocycles. The summed E-state index contributed by atoms with van der Waals surface area (Å²) in [4.78, 5) is 21.3. The van der Waals surface area contributed by atoms with E-state index >= 15 is 0 Å². The minimum absolute atomic E-state index is 0.0294. The lowest BCUT2D eigenvalue weighted by Crippen LogP contribution is -2.16. The average Bonchev–Trinajstić information content (AvgIpc) is 3.18. The standard InChI is InChI=1S/C17H20N2O3S/c1-3-12-10-23-17(19-12)8-16(20)15-7-14(6-11(2)18-15)22-13-4-5-21-9-13/h6-7,10,13H,3-5,8-9H2,1-2H3/t13-/m1/s1. The van der Waals surface area contributed by atoms with Crippen LogP contribution in [-0.4, -0.2) is 35.1 Å². The highest BCUT2D eigenvalue weighted by Crippen LogP contribution is 2.20. The van der Waals surface area contributed by atoms with Gasteiger partial charge >= 0.3 is 0 Å². The maximum atomic E-state index is 12.5. The number of pyridine rings is 1. The number of carbonyl (C=O) groups is 1. The van der Waals surface area contributed by atoms with Crippen LogP contribution in [0.2, 0.25) is 0 Å². The summed E-state index contributed by atoms with van der Waals surface area (Å²) in [6.07, 6.45) is 2.11. The quantitative estimate of drug-likeness (QED) is 0.761. The second-order valence-corrected chi connectivity index (χ2v) is 6.56. The van der Waals surface area contributed by atoms with Crippen LogP contribution in [0.1, 0.15) is 40.2 Å². The topological polar surface area (TPSA) is 61.3 Å². The van der Waals surface area contributed by atoms with E-state index in [0.29, 0.717) is 18.1 Å². The SMILES string of the molecule is CCc1csc(CC(=O)c2cc(O[C@@H]3CCOC3)cc(C)n2)n1. The summed E-state index contributed by atoms with van der Waals surface area (Å²) in [6.45, 7) is 5.25. The van der Waals surface area contributed by atoms with Crippen molar-refractivity contribution in [3.05, 3.63) is 39.6 Å². The molecule has 23 heavy (non-hydrogen) atoms. The Hall–Kier alpha value is -1.79. The van der Waals surface area contributed by atoms with Crippen LogP contribution in [-0.2, 0) is 17.6 Å². The van der Waals surface area contributed by atoms with Gasteiger partial charge in [-0.25, -0.2) is 9.97 Å². The van der Waals surface area contributed by atoms with E-state index in [1.807, 2.05) is 18.4 Å². The van der Waals surface area contributed by atoms with Gasteiger partial charge in [-0.2, -0.15) is 0 Å². The van der Waals surface area contributed by atoms with Crippen molar-refractivity contribution in [3.8, 4) is 5.75 Å². The Morgan fingerprint density at radius 1 is 1.43 bits per heavy atom. The number of hydrogen-bond donors (Lipinski definition) is 0. The summed E-state index contributed by atoms with van der Waals surface area (Å²) in [5.41, 5.74) is 2.24. The molecule has 0 unspecified atom stereocenters. The summed E-state index contributed by atoms with van der Waals surface area (Å²) in [7, 11) is 0. The third-order valence-electron chi connectivity index (χ3n) is 3.68. The van der Waals surface area contributed by atoms with Gasteiger partial charge in [0.25, 0.3) is 0 Å². The zero-order chi connectivity index (χ0) is 16.2. The molecule has 3 heterocycles. The minimum atomic E-state index is -0.0294. The normalized spacial score (nSPS) is 17.4. The second-order valence-electron chi connectivity index (χ2n) is 5.62. The van der Waals surface area contributed by atoms with Crippen LogP contribution in [0.4, 0.5) is 0 Å². The molecule has 0 bridgehead atoms. The van der Waals surface area contributed by atoms with E-state index < -0.39 is 0 Å². The maximum absolute atomic E-state index is 12.5. The molecule has 0 aliphatic carbocycles. The Bertz CT molecular complexity index is 693. The molecule has 0 amide bonds. The number of thiazole rings is 1. The van der Waals surface area contributed by atoms with Crippen molar-refractivity contribution in [2.75, 3.05) is 13.2 Å². The summed E-state index contributed by atoms with van der Waals surface area (Å²) >= 11 is 1.52. The lowest BCUT2D eigenvalue weighted by molar-refractivity contribution is 0.0986. The third kappa shape index (κ3) is 4.14. The molecule has 2 aromatic heterocycles. The van der Waals surface area contributed by atoms with Crippen LogP contribution in [0.5, 0.6) is 5.75 Å². The van der Waals surface area contributed by atoms with Gasteiger partial charge < -0.3 is 9.47 Å². The fourth-order valence-corrected chi connectivity index (χ4v) is 3.34. The molecule has 0 spiro atoms. The molecule has 1 aliphatic heterocycles. The van der Waals surface area contributed by atoms with Crippen LogP contribution < -0.4 is 4.74 Å². The van der Waals surface area contributed by atoms with Gasteiger partial charge in [0.05, 0.1) is 25.3 Å². The zero-order valence-corrected chi connectivity index (χ0v) is 14.2. The van der Waals surface area contributed by atoms with Crippen molar-refractivity contribution in [2.24, 2.45) is 0 Å². The van der Waals surface area contributed by atoms with E-state index in [0.717, 1.165) is 35.8 Å². The lowest BCUT2D eigenvalue weighted by atomic mass is 10.2. The molecule has 0 saturated carbocycles. The minimum Gasteiger partial charge on any atom is -0.488 e. The molecule has 1 atom stereocenters. The number of ether oxygens (including phenoxy) is 2. The van der Waals surface area contributed by atoms with Gasteiger partial charge in [0, 0.05) is 29.6 Å². The first kappa shape index (κ1) is 16.1. The molecule has 1 fully saturated rings. The van der Waals surface area contributed by atoms with Gasteiger partial charge in [0.2, 0.25) is 0 Å². The first-order valence-corrected chi connectivity index (χ1v) is 8.71. The van der Waals surface area contributed by atoms with Crippen LogP contribution in [0.25, 0.3) is 0 Å². The predicted octanol–water partition coefficient (Wildman–Crippen LogP) is 3.00. The molecule has 0 radical (unpaired) electrons. The number of aryl methyl sites for hydroxylation is 2. The van der Waals surface area contributed by atoms with E-state index in [1.54, 1.807) is 6.07 Å². The van der Waals surface area contributed by atoms with Crippen molar-refractivity contribution in [1.29, 1.82) is 0 Å². The largest absolute Gasteiger partial charge is 0.488 e. The fourth-order valence-electron chi connectivity index (χ4n) is 2.47. The summed E-state index contributed by atoms with van der Waals surface area (Å²) < 4.78 is 11.2. The van der Waals surface area contributed by atoms with E-state index in [-0.39, 0.29) is 18.3 Å². The van der Waals surface area contributed by atoms with E-state index in [1.165, 1.54) is 11.3 Å². The van der Waals surface area contributed by atoms with Gasteiger partial charge in [-0.15, -0.1) is 11.3 Å². The molecule has 0 aromatic carbocycles. The maximum Gasteiger partial charge on any atom is 0.188 e. The number of hydrogen-bond acceptors (Lipinski definition) is 6. The molecular formula is C17H20N2O3S. The van der Waals surface area contributed by atoms with Crippen molar-refractivity contribution in [1.82, 2.24) is 9.97 Å². The van der Waals surface area contributed by atoms with Gasteiger partial charge in [-0.1, -0.05) is 6.92 Å². The predicted molar refractivity (Wildman–Crippen MR) is 88.4 cm³/mol. The fraction of sp³-hybridized carbons (Fsp3) is 0.471. The number of Topliss-reactive ketones (excluding diaryl/α,β-unsaturated/α-hetero) is 1. The number of carbonyl (C=O) groups excluding carboxylic acids is 1. The molecule has 2 aromatic rings. The smallest absolute Gasteiger partial charge is 0.188 e. The van der Waals surface area contributed by atoms with Crippen LogP contribution in [0.3, 0.4) is 0 Å². The lowest BCUT2D eigenvalue weighted by Gasteiger charge is -2.13. The van der Waals surface area contributed by atoms with Crippen molar-refractivity contribution >= 4 is 17.1 Å². The first-order chi connectivity index (χ1) is 11.1. The molecular weight excluding hydrogens is 312 g/mol. The summed E-state index contributed by atoms with van der Waals surface area (Å²) in [6, 6.07) is 3.58. The highest BCUT2D eigenvalue weighted by Gasteiger charge is 2.19. The highest BCUT2D eigenvalue weighted by atomic mass is 32.1. The number of ketones is 1. The Kier molecular flexibility index (Phi) is 5.03. The number of aromatic nitrogens is 2. The molecule has 122 valence electrons. The van der Waals surface area contributed by atoms with E-state index in [4.69, 9.17) is 9.47 Å². The van der Waals surface area contributed by atoms with E-state index in [2.05, 4.69) is 16.9 Å². The Morgan fingerprint density at radius 2 is 2.30 bits per heavy atom. The zero-order valence-electron chi connectivity index (χ0n) is 13.4. The third-order valence-corrected chi connectivity index (χ3v) is 4.57. The Labute approximate surface area is 139 Å². The van der Waals surface area contributed by atoms with Gasteiger partial charge in [0.1, 0.15) is 22.6 Å². The van der Waals surface area contributed by atoms with Gasteiger partial charge in [0.15, 0.2) is 5.78 Å². The van der Waals surface area contributed by atoms with Crippen molar-refractivity contribution in [2.45, 2.75) is 39.2 Å². The van der Waals surface area contributed by atoms with Gasteiger partial charge in [-0.05, 0) is 13.3 Å². The van der Waals surface area contributed by atoms with Gasteiger partial charge in [-0.3, -0.25) is 4.79 Å². The van der Waals surface area contributed by atoms with Crippen LogP contribution in [0, 0.1) is 6.92 Å². The molecule has 0 N–H and O–H groups in total. The monoisotopic (exact) mass is 332 g/mol. The van der Waals surface area contributed by atoms with E-state index in [9.17, 15) is 4.79 Å². The number of nitrogens with zero attached hydrogens (tertiary/aromatic N) is 2. The van der Waals surface area contributed by atoms with Crippen molar-refractivity contribution < 1.29 is 14.3 Å². The molecule has 3 rings (SSSR count). The second kappa shape index (κ2) is 7.19. The summed E-state index contributed by atoms with van der Waals surface area (Å²) in [5, 5.41) is 2.84. The number of rotatable bonds is 6. The van der Waals surface area contributed by atoms with Crippen LogP contribution in [0.15, 0.2) is 17.5 Å². The molecule has 1 aliphatic rings. The molecule has 6 heteroatoms. The highest BCUT2D eigenvalue weighted by molar-refractivity contribution is 7.09. The van der Waals surface area contributed by atoms with Crippen LogP contribution >= 0.6 is 11.3 Å². The van der Waals surface area contributed by atoms with Crippen molar-refractivity contribution in [3.63, 3.8) is 0 Å². The summed E-state index contributed by atoms with van der Waals surface area (Å²) in [5.74, 6) is 0.656. The Morgan fingerprint density at radius 3 is 3.00 bits per heavy atom. The average molecular weight is 332 g/mol. The molecule has 5 nitrogen and oxygen atoms in total. The first-order valence-electron chi connectivity index (χ1n) is 7.83.